The summed E-state index contributed by atoms with van der Waals surface area (Å²) in [4.78, 5) is 13.5. The van der Waals surface area contributed by atoms with E-state index >= 15 is 0 Å². The van der Waals surface area contributed by atoms with Crippen LogP contribution in [0.15, 0.2) is 54.5 Å². The molecule has 0 bridgehead atoms. The van der Waals surface area contributed by atoms with Gasteiger partial charge in [-0.1, -0.05) is 19.4 Å². The Balaban J connectivity index is 1.20. The van der Waals surface area contributed by atoms with Crippen molar-refractivity contribution in [3.63, 3.8) is 0 Å². The first kappa shape index (κ1) is 24.9. The van der Waals surface area contributed by atoms with Crippen molar-refractivity contribution in [1.82, 2.24) is 19.6 Å². The van der Waals surface area contributed by atoms with Crippen LogP contribution >= 0.6 is 0 Å². The van der Waals surface area contributed by atoms with Crippen molar-refractivity contribution in [2.45, 2.75) is 70.6 Å². The number of hydrogen-bond donors (Lipinski definition) is 2. The Hall–Kier alpha value is -3.10. The van der Waals surface area contributed by atoms with E-state index in [1.54, 1.807) is 35.3 Å². The number of hydrogen-bond acceptors (Lipinski definition) is 5. The Morgan fingerprint density at radius 3 is 2.72 bits per heavy atom. The largest absolute Gasteiger partial charge is 0.393 e. The molecule has 1 aromatic carbocycles. The van der Waals surface area contributed by atoms with Crippen LogP contribution in [0.5, 0.6) is 0 Å². The van der Waals surface area contributed by atoms with Crippen LogP contribution in [0.4, 0.5) is 4.39 Å². The summed E-state index contributed by atoms with van der Waals surface area (Å²) in [7, 11) is 0. The molecule has 0 aliphatic heterocycles. The highest BCUT2D eigenvalue weighted by Gasteiger charge is 2.68. The number of carbonyl (C=O) groups is 1. The summed E-state index contributed by atoms with van der Waals surface area (Å²) in [6, 6.07) is 8.16. The second-order valence-electron chi connectivity index (χ2n) is 12.8. The molecule has 39 heavy (non-hydrogen) atoms. The van der Waals surface area contributed by atoms with Crippen LogP contribution in [-0.4, -0.2) is 47.3 Å². The van der Waals surface area contributed by atoms with Gasteiger partial charge >= 0.3 is 0 Å². The summed E-state index contributed by atoms with van der Waals surface area (Å²) < 4.78 is 17.0. The van der Waals surface area contributed by atoms with Crippen LogP contribution < -0.4 is 0 Å². The summed E-state index contributed by atoms with van der Waals surface area (Å²) in [5.74, 6) is -0.0500. The first-order valence-corrected chi connectivity index (χ1v) is 14.1. The molecular formula is C31H35FN4O3. The number of carbonyl (C=O) groups excluding carboxylic acids is 1. The molecule has 4 unspecified atom stereocenters. The highest BCUT2D eigenvalue weighted by atomic mass is 19.1. The van der Waals surface area contributed by atoms with Crippen molar-refractivity contribution >= 4 is 11.9 Å². The minimum Gasteiger partial charge on any atom is -0.393 e. The monoisotopic (exact) mass is 530 g/mol. The Morgan fingerprint density at radius 1 is 1.18 bits per heavy atom. The van der Waals surface area contributed by atoms with Gasteiger partial charge < -0.3 is 10.2 Å². The third-order valence-electron chi connectivity index (χ3n) is 11.0. The first-order chi connectivity index (χ1) is 18.6. The van der Waals surface area contributed by atoms with Crippen molar-refractivity contribution in [3.05, 3.63) is 71.6 Å². The highest BCUT2D eigenvalue weighted by molar-refractivity contribution is 5.88. The van der Waals surface area contributed by atoms with E-state index < -0.39 is 17.1 Å². The minimum absolute atomic E-state index is 0.0430. The molecule has 0 spiro atoms. The Morgan fingerprint density at radius 2 is 1.97 bits per heavy atom. The van der Waals surface area contributed by atoms with Gasteiger partial charge in [0.05, 0.1) is 23.7 Å². The van der Waals surface area contributed by atoms with Gasteiger partial charge in [0, 0.05) is 17.8 Å². The normalized spacial score (nSPS) is 36.9. The van der Waals surface area contributed by atoms with E-state index in [2.05, 4.69) is 23.2 Å². The van der Waals surface area contributed by atoms with Crippen molar-refractivity contribution in [2.24, 2.45) is 28.6 Å². The molecule has 0 saturated heterocycles. The zero-order valence-electron chi connectivity index (χ0n) is 22.4. The average Bonchev–Trinajstić information content (AvgIpc) is 3.61. The lowest BCUT2D eigenvalue weighted by atomic mass is 9.45. The molecule has 3 fully saturated rings. The van der Waals surface area contributed by atoms with Crippen molar-refractivity contribution in [1.29, 1.82) is 0 Å². The lowest BCUT2D eigenvalue weighted by molar-refractivity contribution is -0.180. The topological polar surface area (TPSA) is 93.2 Å². The summed E-state index contributed by atoms with van der Waals surface area (Å²) in [6.45, 7) is 4.36. The van der Waals surface area contributed by atoms with E-state index in [0.29, 0.717) is 12.8 Å². The number of allylic oxidation sites excluding steroid dienone is 1. The van der Waals surface area contributed by atoms with Gasteiger partial charge in [-0.2, -0.15) is 10.2 Å². The van der Waals surface area contributed by atoms with Gasteiger partial charge in [0.1, 0.15) is 18.0 Å². The Kier molecular flexibility index (Phi) is 5.40. The lowest BCUT2D eigenvalue weighted by Gasteiger charge is -2.60. The molecule has 2 heterocycles. The Labute approximate surface area is 227 Å². The summed E-state index contributed by atoms with van der Waals surface area (Å²) >= 11 is 0. The van der Waals surface area contributed by atoms with Crippen LogP contribution in [0.3, 0.4) is 0 Å². The SMILES string of the molecule is C[C@]12Cc3cnn(-c4ccc(F)cc4)c3C=C1CCC1C2C(O)C[C@@]2(C)C1CC[C@]2(O)C(=O)Cn1cccn1. The van der Waals surface area contributed by atoms with Crippen LogP contribution in [0.2, 0.25) is 0 Å². The van der Waals surface area contributed by atoms with Gasteiger partial charge in [0.15, 0.2) is 5.78 Å². The fourth-order valence-electron chi connectivity index (χ4n) is 9.11. The quantitative estimate of drug-likeness (QED) is 0.523. The van der Waals surface area contributed by atoms with E-state index in [-0.39, 0.29) is 41.3 Å². The molecule has 4 aliphatic carbocycles. The summed E-state index contributed by atoms with van der Waals surface area (Å²) in [6.07, 6.45) is 11.1. The maximum atomic E-state index is 13.5. The van der Waals surface area contributed by atoms with E-state index in [9.17, 15) is 19.4 Å². The van der Waals surface area contributed by atoms with E-state index in [4.69, 9.17) is 0 Å². The Bertz CT molecular complexity index is 1460. The number of aromatic nitrogens is 4. The number of Topliss-reactive ketones (excluding diaryl/α,β-unsaturated/α-hetero) is 1. The molecule has 2 N–H and O–H groups in total. The lowest BCUT2D eigenvalue weighted by Crippen LogP contribution is -2.62. The fraction of sp³-hybridized carbons (Fsp3) is 0.516. The van der Waals surface area contributed by atoms with Gasteiger partial charge in [0.2, 0.25) is 0 Å². The van der Waals surface area contributed by atoms with E-state index in [0.717, 1.165) is 42.6 Å². The predicted octanol–water partition coefficient (Wildman–Crippen LogP) is 4.36. The minimum atomic E-state index is -1.47. The van der Waals surface area contributed by atoms with Crippen molar-refractivity contribution in [2.75, 3.05) is 0 Å². The molecule has 7 rings (SSSR count). The third kappa shape index (κ3) is 3.43. The second-order valence-corrected chi connectivity index (χ2v) is 12.8. The second kappa shape index (κ2) is 8.45. The van der Waals surface area contributed by atoms with Crippen LogP contribution in [0, 0.1) is 34.4 Å². The van der Waals surface area contributed by atoms with E-state index in [1.165, 1.54) is 17.7 Å². The fourth-order valence-corrected chi connectivity index (χ4v) is 9.11. The molecule has 8 heteroatoms. The molecule has 2 aromatic heterocycles. The van der Waals surface area contributed by atoms with Gasteiger partial charge in [-0.25, -0.2) is 9.07 Å². The molecule has 0 radical (unpaired) electrons. The molecule has 3 aromatic rings. The summed E-state index contributed by atoms with van der Waals surface area (Å²) in [5.41, 5.74) is 1.93. The molecule has 204 valence electrons. The van der Waals surface area contributed by atoms with Crippen LogP contribution in [-0.2, 0) is 17.8 Å². The molecular weight excluding hydrogens is 495 g/mol. The average molecular weight is 531 g/mol. The van der Waals surface area contributed by atoms with Gasteiger partial charge in [-0.05, 0) is 104 Å². The zero-order valence-corrected chi connectivity index (χ0v) is 22.4. The molecule has 0 amide bonds. The van der Waals surface area contributed by atoms with Crippen LogP contribution in [0.25, 0.3) is 11.8 Å². The number of nitrogens with zero attached hydrogens (tertiary/aromatic N) is 4. The molecule has 7 atom stereocenters. The first-order valence-electron chi connectivity index (χ1n) is 14.1. The predicted molar refractivity (Wildman–Crippen MR) is 143 cm³/mol. The molecule has 3 saturated carbocycles. The smallest absolute Gasteiger partial charge is 0.186 e. The molecule has 4 aliphatic rings. The zero-order chi connectivity index (χ0) is 27.2. The standard InChI is InChI=1S/C31H35FN4O3/c1-29-15-19-17-34-36(22-7-5-21(32)6-8-22)25(19)14-20(29)4-9-23-24-10-11-31(39,27(38)18-35-13-3-12-33-35)30(24,2)16-26(37)28(23)29/h3,5-8,12-14,17,23-24,26,28,37,39H,4,9-11,15-16,18H2,1-2H3/t23?,24?,26?,28?,29-,30-,31-/m0/s1. The van der Waals surface area contributed by atoms with E-state index in [1.807, 2.05) is 17.8 Å². The van der Waals surface area contributed by atoms with Gasteiger partial charge in [0.25, 0.3) is 0 Å². The number of rotatable bonds is 4. The van der Waals surface area contributed by atoms with Crippen molar-refractivity contribution in [3.8, 4) is 5.69 Å². The van der Waals surface area contributed by atoms with Crippen molar-refractivity contribution < 1.29 is 19.4 Å². The van der Waals surface area contributed by atoms with Gasteiger partial charge in [-0.15, -0.1) is 0 Å². The number of halogens is 1. The maximum absolute atomic E-state index is 13.5. The number of aliphatic hydroxyl groups is 2. The number of benzene rings is 1. The number of fused-ring (bicyclic) bond motifs is 6. The maximum Gasteiger partial charge on any atom is 0.186 e. The number of ketones is 1. The number of aliphatic hydroxyl groups excluding tert-OH is 1. The van der Waals surface area contributed by atoms with Gasteiger partial charge in [-0.3, -0.25) is 9.48 Å². The summed E-state index contributed by atoms with van der Waals surface area (Å²) in [5, 5.41) is 32.6. The molecule has 7 nitrogen and oxygen atoms in total. The van der Waals surface area contributed by atoms with Crippen LogP contribution in [0.1, 0.15) is 57.2 Å². The third-order valence-corrected chi connectivity index (χ3v) is 11.0. The highest BCUT2D eigenvalue weighted by Crippen LogP contribution is 2.67.